The molecule has 0 spiro atoms. The summed E-state index contributed by atoms with van der Waals surface area (Å²) in [5.74, 6) is 1.93. The molecule has 7 nitrogen and oxygen atoms in total. The maximum absolute atomic E-state index is 5.71. The first-order valence-corrected chi connectivity index (χ1v) is 10.3. The standard InChI is InChI=1S/C22H27N5O2.2ClH/c1-15-3-4-16-12-17(22(25-18(16)11-15)26-7-9-29-10-8-26)21-24-5-6-27(21)19-13-23-14-20(19)28-2;;/h3-6,11-12,19-20,23H,7-10,13-14H2,1-2H3;2*1H/t19-,20-;;/m0../s1. The van der Waals surface area contributed by atoms with Gasteiger partial charge in [-0.3, -0.25) is 0 Å². The fraction of sp³-hybridized carbons (Fsp3) is 0.455. The highest BCUT2D eigenvalue weighted by atomic mass is 35.5. The second-order valence-corrected chi connectivity index (χ2v) is 7.81. The van der Waals surface area contributed by atoms with E-state index in [0.717, 1.165) is 67.5 Å². The summed E-state index contributed by atoms with van der Waals surface area (Å²) in [5.41, 5.74) is 3.30. The molecule has 2 saturated heterocycles. The van der Waals surface area contributed by atoms with Gasteiger partial charge in [0.2, 0.25) is 0 Å². The van der Waals surface area contributed by atoms with Crippen LogP contribution in [0.2, 0.25) is 0 Å². The summed E-state index contributed by atoms with van der Waals surface area (Å²) in [6, 6.07) is 8.87. The lowest BCUT2D eigenvalue weighted by Crippen LogP contribution is -2.37. The number of aryl methyl sites for hydroxylation is 1. The molecule has 9 heteroatoms. The Bertz CT molecular complexity index is 1020. The number of aromatic nitrogens is 3. The number of imidazole rings is 1. The Hall–Kier alpha value is -1.90. The summed E-state index contributed by atoms with van der Waals surface area (Å²) >= 11 is 0. The van der Waals surface area contributed by atoms with E-state index in [1.807, 2.05) is 6.20 Å². The van der Waals surface area contributed by atoms with Crippen molar-refractivity contribution in [1.82, 2.24) is 19.9 Å². The zero-order valence-corrected chi connectivity index (χ0v) is 19.4. The number of rotatable bonds is 4. The van der Waals surface area contributed by atoms with Crippen LogP contribution in [0, 0.1) is 6.92 Å². The fourth-order valence-corrected chi connectivity index (χ4v) is 4.40. The van der Waals surface area contributed by atoms with Crippen LogP contribution in [0.3, 0.4) is 0 Å². The van der Waals surface area contributed by atoms with Crippen molar-refractivity contribution < 1.29 is 9.47 Å². The zero-order valence-electron chi connectivity index (χ0n) is 17.8. The molecule has 2 aromatic heterocycles. The average molecular weight is 466 g/mol. The van der Waals surface area contributed by atoms with Crippen LogP contribution in [0.25, 0.3) is 22.3 Å². The Kier molecular flexibility index (Phi) is 7.78. The van der Waals surface area contributed by atoms with Crippen LogP contribution in [-0.4, -0.2) is 67.1 Å². The van der Waals surface area contributed by atoms with Gasteiger partial charge in [0.25, 0.3) is 0 Å². The van der Waals surface area contributed by atoms with Gasteiger partial charge in [0.05, 0.1) is 36.4 Å². The lowest BCUT2D eigenvalue weighted by Gasteiger charge is -2.30. The minimum absolute atomic E-state index is 0. The predicted molar refractivity (Wildman–Crippen MR) is 128 cm³/mol. The Morgan fingerprint density at radius 1 is 1.13 bits per heavy atom. The Labute approximate surface area is 195 Å². The number of hydrogen-bond acceptors (Lipinski definition) is 6. The molecule has 4 heterocycles. The van der Waals surface area contributed by atoms with Crippen molar-refractivity contribution in [3.05, 3.63) is 42.2 Å². The number of fused-ring (bicyclic) bond motifs is 1. The molecule has 2 atom stereocenters. The van der Waals surface area contributed by atoms with Crippen LogP contribution in [0.15, 0.2) is 36.7 Å². The third-order valence-electron chi connectivity index (χ3n) is 5.96. The average Bonchev–Trinajstić information content (AvgIpc) is 3.42. The molecule has 1 N–H and O–H groups in total. The molecule has 1 aromatic carbocycles. The quantitative estimate of drug-likeness (QED) is 0.637. The monoisotopic (exact) mass is 465 g/mol. The first-order valence-electron chi connectivity index (χ1n) is 10.3. The molecule has 0 unspecified atom stereocenters. The fourth-order valence-electron chi connectivity index (χ4n) is 4.40. The van der Waals surface area contributed by atoms with E-state index in [1.165, 1.54) is 5.56 Å². The molecule has 0 aliphatic carbocycles. The summed E-state index contributed by atoms with van der Waals surface area (Å²) in [6.45, 7) is 6.94. The molecule has 2 fully saturated rings. The Morgan fingerprint density at radius 3 is 2.71 bits per heavy atom. The topological polar surface area (TPSA) is 64.4 Å². The largest absolute Gasteiger partial charge is 0.378 e. The molecule has 2 aliphatic heterocycles. The van der Waals surface area contributed by atoms with Crippen LogP contribution in [0.5, 0.6) is 0 Å². The van der Waals surface area contributed by atoms with Crippen LogP contribution < -0.4 is 10.2 Å². The van der Waals surface area contributed by atoms with Crippen molar-refractivity contribution in [3.63, 3.8) is 0 Å². The van der Waals surface area contributed by atoms with Gasteiger partial charge >= 0.3 is 0 Å². The summed E-state index contributed by atoms with van der Waals surface area (Å²) in [4.78, 5) is 12.2. The van der Waals surface area contributed by atoms with E-state index in [2.05, 4.69) is 52.2 Å². The highest BCUT2D eigenvalue weighted by Gasteiger charge is 2.31. The van der Waals surface area contributed by atoms with Gasteiger partial charge in [0.1, 0.15) is 11.6 Å². The van der Waals surface area contributed by atoms with Gasteiger partial charge in [0.15, 0.2) is 0 Å². The smallest absolute Gasteiger partial charge is 0.144 e. The van der Waals surface area contributed by atoms with E-state index in [1.54, 1.807) is 7.11 Å². The molecular weight excluding hydrogens is 437 g/mol. The SMILES string of the molecule is CO[C@H]1CNC[C@@H]1n1ccnc1-c1cc2ccc(C)cc2nc1N1CCOCC1.Cl.Cl. The van der Waals surface area contributed by atoms with Crippen LogP contribution >= 0.6 is 24.8 Å². The third kappa shape index (κ3) is 4.52. The van der Waals surface area contributed by atoms with Gasteiger partial charge in [-0.25, -0.2) is 9.97 Å². The Balaban J connectivity index is 0.00000136. The van der Waals surface area contributed by atoms with Gasteiger partial charge in [0, 0.05) is 51.1 Å². The van der Waals surface area contributed by atoms with E-state index >= 15 is 0 Å². The van der Waals surface area contributed by atoms with Gasteiger partial charge < -0.3 is 24.3 Å². The summed E-state index contributed by atoms with van der Waals surface area (Å²) in [6.07, 6.45) is 4.07. The molecular formula is C22H29Cl2N5O2. The highest BCUT2D eigenvalue weighted by Crippen LogP contribution is 2.34. The van der Waals surface area contributed by atoms with Gasteiger partial charge in [-0.15, -0.1) is 24.8 Å². The van der Waals surface area contributed by atoms with E-state index < -0.39 is 0 Å². The minimum Gasteiger partial charge on any atom is -0.378 e. The number of nitrogens with one attached hydrogen (secondary N) is 1. The molecule has 3 aromatic rings. The number of halogens is 2. The van der Waals surface area contributed by atoms with E-state index in [4.69, 9.17) is 19.4 Å². The molecule has 0 radical (unpaired) electrons. The number of nitrogens with zero attached hydrogens (tertiary/aromatic N) is 4. The molecule has 31 heavy (non-hydrogen) atoms. The second kappa shape index (κ2) is 10.1. The van der Waals surface area contributed by atoms with Crippen molar-refractivity contribution in [1.29, 1.82) is 0 Å². The first kappa shape index (κ1) is 23.8. The maximum Gasteiger partial charge on any atom is 0.144 e. The van der Waals surface area contributed by atoms with Gasteiger partial charge in [-0.2, -0.15) is 0 Å². The molecule has 168 valence electrons. The normalized spacial score (nSPS) is 21.0. The number of morpholine rings is 1. The van der Waals surface area contributed by atoms with Gasteiger partial charge in [-0.05, 0) is 24.6 Å². The van der Waals surface area contributed by atoms with E-state index in [0.29, 0.717) is 0 Å². The van der Waals surface area contributed by atoms with Crippen LogP contribution in [-0.2, 0) is 9.47 Å². The summed E-state index contributed by atoms with van der Waals surface area (Å²) < 4.78 is 13.5. The van der Waals surface area contributed by atoms with Crippen molar-refractivity contribution in [2.24, 2.45) is 0 Å². The zero-order chi connectivity index (χ0) is 19.8. The molecule has 0 saturated carbocycles. The number of ether oxygens (including phenoxy) is 2. The minimum atomic E-state index is 0. The molecule has 2 aliphatic rings. The lowest BCUT2D eigenvalue weighted by atomic mass is 10.1. The number of methoxy groups -OCH3 is 1. The second-order valence-electron chi connectivity index (χ2n) is 7.81. The lowest BCUT2D eigenvalue weighted by molar-refractivity contribution is 0.0871. The Morgan fingerprint density at radius 2 is 1.94 bits per heavy atom. The van der Waals surface area contributed by atoms with E-state index in [9.17, 15) is 0 Å². The van der Waals surface area contributed by atoms with Crippen molar-refractivity contribution >= 4 is 41.5 Å². The van der Waals surface area contributed by atoms with Crippen molar-refractivity contribution in [2.75, 3.05) is 51.4 Å². The maximum atomic E-state index is 5.71. The molecule has 0 amide bonds. The van der Waals surface area contributed by atoms with Crippen molar-refractivity contribution in [3.8, 4) is 11.4 Å². The van der Waals surface area contributed by atoms with Gasteiger partial charge in [-0.1, -0.05) is 12.1 Å². The van der Waals surface area contributed by atoms with Crippen molar-refractivity contribution in [2.45, 2.75) is 19.1 Å². The molecule has 0 bridgehead atoms. The number of benzene rings is 1. The summed E-state index contributed by atoms with van der Waals surface area (Å²) in [7, 11) is 1.78. The van der Waals surface area contributed by atoms with E-state index in [-0.39, 0.29) is 37.0 Å². The summed E-state index contributed by atoms with van der Waals surface area (Å²) in [5, 5.41) is 4.57. The van der Waals surface area contributed by atoms with Crippen LogP contribution in [0.4, 0.5) is 5.82 Å². The molecule has 5 rings (SSSR count). The third-order valence-corrected chi connectivity index (χ3v) is 5.96. The number of hydrogen-bond donors (Lipinski definition) is 1. The number of pyridine rings is 1. The predicted octanol–water partition coefficient (Wildman–Crippen LogP) is 3.25. The first-order chi connectivity index (χ1) is 14.2. The highest BCUT2D eigenvalue weighted by molar-refractivity contribution is 5.88. The van der Waals surface area contributed by atoms with Crippen LogP contribution in [0.1, 0.15) is 11.6 Å². The number of anilines is 1.